The lowest BCUT2D eigenvalue weighted by Gasteiger charge is -2.23. The summed E-state index contributed by atoms with van der Waals surface area (Å²) in [7, 11) is -0.251. The van der Waals surface area contributed by atoms with Crippen LogP contribution in [0.1, 0.15) is 27.7 Å². The van der Waals surface area contributed by atoms with E-state index in [4.69, 9.17) is 0 Å². The van der Waals surface area contributed by atoms with Crippen molar-refractivity contribution in [3.05, 3.63) is 11.3 Å². The van der Waals surface area contributed by atoms with Crippen LogP contribution in [-0.4, -0.2) is 39.0 Å². The van der Waals surface area contributed by atoms with Crippen LogP contribution in [0.25, 0.3) is 0 Å². The number of aliphatic imine (C=N–C) groups is 1. The Balaban J connectivity index is 5.18. The van der Waals surface area contributed by atoms with Crippen molar-refractivity contribution in [3.63, 3.8) is 0 Å². The monoisotopic (exact) mass is 261 g/mol. The second kappa shape index (κ2) is 6.05. The first kappa shape index (κ1) is 16.0. The van der Waals surface area contributed by atoms with Crippen molar-refractivity contribution >= 4 is 16.0 Å². The molecule has 0 saturated carbocycles. The number of hydrogen-bond donors (Lipinski definition) is 1. The molecule has 0 radical (unpaired) electrons. The van der Waals surface area contributed by atoms with Crippen LogP contribution < -0.4 is 5.32 Å². The molecule has 0 spiro atoms. The van der Waals surface area contributed by atoms with E-state index in [0.29, 0.717) is 5.96 Å². The van der Waals surface area contributed by atoms with Crippen molar-refractivity contribution in [1.29, 1.82) is 0 Å². The van der Waals surface area contributed by atoms with Gasteiger partial charge in [-0.3, -0.25) is 4.99 Å². The summed E-state index contributed by atoms with van der Waals surface area (Å²) in [6.07, 6.45) is 1.15. The maximum atomic E-state index is 11.4. The molecule has 0 aromatic rings. The minimum atomic E-state index is -3.29. The summed E-state index contributed by atoms with van der Waals surface area (Å²) in [5, 5.41) is 3.09. The van der Waals surface area contributed by atoms with Crippen LogP contribution in [0.5, 0.6) is 0 Å². The average molecular weight is 261 g/mol. The largest absolute Gasteiger partial charge is 0.329 e. The number of nitrogens with one attached hydrogen (secondary N) is 1. The van der Waals surface area contributed by atoms with Crippen LogP contribution in [-0.2, 0) is 10.0 Å². The fourth-order valence-corrected chi connectivity index (χ4v) is 1.84. The summed E-state index contributed by atoms with van der Waals surface area (Å²) < 4.78 is 24.0. The molecule has 5 nitrogen and oxygen atoms in total. The van der Waals surface area contributed by atoms with Gasteiger partial charge in [0.15, 0.2) is 0 Å². The first-order chi connectivity index (χ1) is 7.61. The van der Waals surface area contributed by atoms with Gasteiger partial charge in [-0.2, -0.15) is 0 Å². The van der Waals surface area contributed by atoms with Crippen LogP contribution in [0.2, 0.25) is 0 Å². The number of guanidine groups is 1. The number of hydrogen-bond acceptors (Lipinski definition) is 3. The Kier molecular flexibility index (Phi) is 5.68. The van der Waals surface area contributed by atoms with Gasteiger partial charge in [0.05, 0.1) is 6.26 Å². The third-order valence-corrected chi connectivity index (χ3v) is 3.54. The Morgan fingerprint density at radius 3 is 2.00 bits per heavy atom. The Hall–Kier alpha value is -1.04. The summed E-state index contributed by atoms with van der Waals surface area (Å²) in [4.78, 5) is 3.98. The number of rotatable bonds is 3. The topological polar surface area (TPSA) is 61.8 Å². The fourth-order valence-electron chi connectivity index (χ4n) is 1.40. The Bertz CT molecular complexity index is 418. The van der Waals surface area contributed by atoms with Gasteiger partial charge < -0.3 is 5.32 Å². The lowest BCUT2D eigenvalue weighted by molar-refractivity contribution is 0.552. The minimum Gasteiger partial charge on any atom is -0.329 e. The molecular formula is C11H23N3O2S. The minimum absolute atomic E-state index is 0.282. The standard InChI is InChI=1S/C11H23N3O2S/c1-8(2)10(9(3)4)13-11(12-5)14(6)17(7,15)16/h8H,1-7H3,(H,12,13). The van der Waals surface area contributed by atoms with E-state index in [0.717, 1.165) is 21.8 Å². The van der Waals surface area contributed by atoms with E-state index >= 15 is 0 Å². The second-order valence-corrected chi connectivity index (χ2v) is 6.48. The molecule has 6 heteroatoms. The first-order valence-electron chi connectivity index (χ1n) is 5.46. The molecule has 0 unspecified atom stereocenters. The molecule has 0 aromatic heterocycles. The van der Waals surface area contributed by atoms with Gasteiger partial charge in [-0.15, -0.1) is 0 Å². The Morgan fingerprint density at radius 2 is 1.76 bits per heavy atom. The Morgan fingerprint density at radius 1 is 1.29 bits per heavy atom. The van der Waals surface area contributed by atoms with Gasteiger partial charge in [-0.1, -0.05) is 19.4 Å². The van der Waals surface area contributed by atoms with Gasteiger partial charge in [0, 0.05) is 19.8 Å². The van der Waals surface area contributed by atoms with Crippen LogP contribution in [0.4, 0.5) is 0 Å². The summed E-state index contributed by atoms with van der Waals surface area (Å²) in [5.74, 6) is 0.613. The normalized spacial score (nSPS) is 12.6. The molecule has 100 valence electrons. The molecule has 0 aliphatic rings. The van der Waals surface area contributed by atoms with Crippen molar-refractivity contribution < 1.29 is 8.42 Å². The quantitative estimate of drug-likeness (QED) is 0.617. The van der Waals surface area contributed by atoms with E-state index < -0.39 is 10.0 Å². The molecule has 0 atom stereocenters. The summed E-state index contributed by atoms with van der Waals surface area (Å²) >= 11 is 0. The van der Waals surface area contributed by atoms with Gasteiger partial charge in [-0.05, 0) is 19.8 Å². The van der Waals surface area contributed by atoms with Crippen LogP contribution in [0.15, 0.2) is 16.3 Å². The van der Waals surface area contributed by atoms with E-state index in [1.165, 1.54) is 7.05 Å². The molecule has 0 rings (SSSR count). The first-order valence-corrected chi connectivity index (χ1v) is 7.31. The maximum absolute atomic E-state index is 11.4. The van der Waals surface area contributed by atoms with E-state index in [-0.39, 0.29) is 5.92 Å². The zero-order valence-electron chi connectivity index (χ0n) is 11.7. The number of allylic oxidation sites excluding steroid dienone is 2. The van der Waals surface area contributed by atoms with Gasteiger partial charge in [0.1, 0.15) is 0 Å². The molecule has 0 saturated heterocycles. The van der Waals surface area contributed by atoms with Crippen molar-refractivity contribution in [2.45, 2.75) is 27.7 Å². The van der Waals surface area contributed by atoms with Gasteiger partial charge >= 0.3 is 0 Å². The number of sulfonamides is 1. The summed E-state index contributed by atoms with van der Waals surface area (Å²) in [6.45, 7) is 8.05. The molecule has 0 amide bonds. The lowest BCUT2D eigenvalue weighted by atomic mass is 10.1. The zero-order valence-corrected chi connectivity index (χ0v) is 12.5. The molecule has 17 heavy (non-hydrogen) atoms. The highest BCUT2D eigenvalue weighted by Gasteiger charge is 2.18. The highest BCUT2D eigenvalue weighted by molar-refractivity contribution is 7.88. The molecule has 0 aromatic carbocycles. The van der Waals surface area contributed by atoms with Gasteiger partial charge in [-0.25, -0.2) is 12.7 Å². The third kappa shape index (κ3) is 4.77. The lowest BCUT2D eigenvalue weighted by Crippen LogP contribution is -2.42. The third-order valence-electron chi connectivity index (χ3n) is 2.37. The predicted octanol–water partition coefficient (Wildman–Crippen LogP) is 1.40. The second-order valence-electron chi connectivity index (χ2n) is 4.47. The molecule has 0 bridgehead atoms. The molecule has 0 fully saturated rings. The summed E-state index contributed by atoms with van der Waals surface area (Å²) in [6, 6.07) is 0. The fraction of sp³-hybridized carbons (Fsp3) is 0.727. The van der Waals surface area contributed by atoms with Crippen molar-refractivity contribution in [1.82, 2.24) is 9.62 Å². The van der Waals surface area contributed by atoms with E-state index in [1.54, 1.807) is 7.05 Å². The maximum Gasteiger partial charge on any atom is 0.234 e. The van der Waals surface area contributed by atoms with Crippen molar-refractivity contribution in [2.75, 3.05) is 20.4 Å². The molecule has 1 N–H and O–H groups in total. The van der Waals surface area contributed by atoms with Gasteiger partial charge in [0.25, 0.3) is 0 Å². The van der Waals surface area contributed by atoms with Crippen molar-refractivity contribution in [3.8, 4) is 0 Å². The predicted molar refractivity (Wildman–Crippen MR) is 72.3 cm³/mol. The van der Waals surface area contributed by atoms with Crippen molar-refractivity contribution in [2.24, 2.45) is 10.9 Å². The SMILES string of the molecule is CN=C(NC(=C(C)C)C(C)C)N(C)S(C)(=O)=O. The van der Waals surface area contributed by atoms with Crippen LogP contribution >= 0.6 is 0 Å². The number of nitrogens with zero attached hydrogens (tertiary/aromatic N) is 2. The van der Waals surface area contributed by atoms with E-state index in [1.807, 2.05) is 27.7 Å². The molecular weight excluding hydrogens is 238 g/mol. The summed E-state index contributed by atoms with van der Waals surface area (Å²) in [5.41, 5.74) is 2.10. The highest BCUT2D eigenvalue weighted by Crippen LogP contribution is 2.12. The smallest absolute Gasteiger partial charge is 0.234 e. The molecule has 0 aliphatic heterocycles. The average Bonchev–Trinajstić information content (AvgIpc) is 2.15. The Labute approximate surface area is 105 Å². The highest BCUT2D eigenvalue weighted by atomic mass is 32.2. The zero-order chi connectivity index (χ0) is 13.8. The molecule has 0 heterocycles. The van der Waals surface area contributed by atoms with Gasteiger partial charge in [0.2, 0.25) is 16.0 Å². The van der Waals surface area contributed by atoms with Crippen LogP contribution in [0.3, 0.4) is 0 Å². The van der Waals surface area contributed by atoms with Crippen LogP contribution in [0, 0.1) is 5.92 Å². The van der Waals surface area contributed by atoms with E-state index in [2.05, 4.69) is 10.3 Å². The van der Waals surface area contributed by atoms with E-state index in [9.17, 15) is 8.42 Å². The molecule has 0 aliphatic carbocycles.